The number of benzene rings is 1. The SMILES string of the molecule is Nc1cccc(CC2(F)CCS(=O)(=O)C2)c1. The van der Waals surface area contributed by atoms with Gasteiger partial charge in [0.25, 0.3) is 0 Å². The van der Waals surface area contributed by atoms with Crippen LogP contribution in [0.4, 0.5) is 10.1 Å². The van der Waals surface area contributed by atoms with Crippen LogP contribution in [0.15, 0.2) is 24.3 Å². The molecular weight excluding hydrogens is 229 g/mol. The number of nitrogen functional groups attached to an aromatic ring is 1. The predicted molar refractivity (Wildman–Crippen MR) is 61.7 cm³/mol. The summed E-state index contributed by atoms with van der Waals surface area (Å²) in [6.07, 6.45) is 0.210. The van der Waals surface area contributed by atoms with Crippen molar-refractivity contribution in [2.24, 2.45) is 0 Å². The summed E-state index contributed by atoms with van der Waals surface area (Å²) in [4.78, 5) is 0. The number of hydrogen-bond donors (Lipinski definition) is 1. The van der Waals surface area contributed by atoms with Crippen molar-refractivity contribution in [3.8, 4) is 0 Å². The highest BCUT2D eigenvalue weighted by atomic mass is 32.2. The molecule has 16 heavy (non-hydrogen) atoms. The van der Waals surface area contributed by atoms with E-state index in [1.807, 2.05) is 0 Å². The second kappa shape index (κ2) is 3.73. The zero-order valence-electron chi connectivity index (χ0n) is 8.82. The monoisotopic (exact) mass is 243 g/mol. The van der Waals surface area contributed by atoms with Crippen LogP contribution in [0, 0.1) is 0 Å². The average Bonchev–Trinajstić information content (AvgIpc) is 2.40. The summed E-state index contributed by atoms with van der Waals surface area (Å²) < 4.78 is 36.7. The molecule has 0 spiro atoms. The minimum Gasteiger partial charge on any atom is -0.399 e. The number of rotatable bonds is 2. The molecule has 1 atom stereocenters. The van der Waals surface area contributed by atoms with Crippen LogP contribution in [0.5, 0.6) is 0 Å². The quantitative estimate of drug-likeness (QED) is 0.797. The first-order valence-electron chi connectivity index (χ1n) is 5.12. The first kappa shape index (κ1) is 11.4. The summed E-state index contributed by atoms with van der Waals surface area (Å²) in [5.74, 6) is -0.416. The van der Waals surface area contributed by atoms with Gasteiger partial charge in [0.15, 0.2) is 9.84 Å². The highest BCUT2D eigenvalue weighted by Crippen LogP contribution is 2.31. The summed E-state index contributed by atoms with van der Waals surface area (Å²) >= 11 is 0. The van der Waals surface area contributed by atoms with Crippen molar-refractivity contribution in [2.75, 3.05) is 17.2 Å². The van der Waals surface area contributed by atoms with Crippen LogP contribution >= 0.6 is 0 Å². The number of anilines is 1. The van der Waals surface area contributed by atoms with Crippen molar-refractivity contribution in [3.63, 3.8) is 0 Å². The second-order valence-electron chi connectivity index (χ2n) is 4.41. The van der Waals surface area contributed by atoms with Gasteiger partial charge in [-0.3, -0.25) is 0 Å². The van der Waals surface area contributed by atoms with Crippen LogP contribution < -0.4 is 5.73 Å². The van der Waals surface area contributed by atoms with Crippen LogP contribution in [-0.4, -0.2) is 25.6 Å². The number of nitrogens with two attached hydrogens (primary N) is 1. The Hall–Kier alpha value is -1.10. The van der Waals surface area contributed by atoms with E-state index in [4.69, 9.17) is 5.73 Å². The standard InChI is InChI=1S/C11H14FNO2S/c12-11(4-5-16(14,15)8-11)7-9-2-1-3-10(13)6-9/h1-3,6H,4-5,7-8,13H2. The van der Waals surface area contributed by atoms with Crippen molar-refractivity contribution in [1.29, 1.82) is 0 Å². The topological polar surface area (TPSA) is 60.2 Å². The molecule has 1 unspecified atom stereocenters. The summed E-state index contributed by atoms with van der Waals surface area (Å²) in [5, 5.41) is 0. The van der Waals surface area contributed by atoms with Crippen LogP contribution in [0.2, 0.25) is 0 Å². The van der Waals surface area contributed by atoms with Gasteiger partial charge in [0.05, 0.1) is 11.5 Å². The third-order valence-electron chi connectivity index (χ3n) is 2.81. The lowest BCUT2D eigenvalue weighted by Crippen LogP contribution is -2.27. The maximum atomic E-state index is 14.2. The first-order valence-corrected chi connectivity index (χ1v) is 6.95. The van der Waals surface area contributed by atoms with Crippen molar-refractivity contribution in [2.45, 2.75) is 18.5 Å². The molecule has 0 saturated carbocycles. The highest BCUT2D eigenvalue weighted by Gasteiger charge is 2.42. The molecule has 0 bridgehead atoms. The van der Waals surface area contributed by atoms with Crippen molar-refractivity contribution in [3.05, 3.63) is 29.8 Å². The minimum absolute atomic E-state index is 0.0498. The van der Waals surface area contributed by atoms with Crippen LogP contribution in [0.1, 0.15) is 12.0 Å². The minimum atomic E-state index is -3.19. The van der Waals surface area contributed by atoms with E-state index in [0.29, 0.717) is 5.69 Å². The van der Waals surface area contributed by atoms with Gasteiger partial charge < -0.3 is 5.73 Å². The molecule has 2 N–H and O–H groups in total. The van der Waals surface area contributed by atoms with E-state index in [0.717, 1.165) is 5.56 Å². The van der Waals surface area contributed by atoms with Gasteiger partial charge in [-0.05, 0) is 24.1 Å². The summed E-state index contributed by atoms with van der Waals surface area (Å²) in [6.45, 7) is 0. The summed E-state index contributed by atoms with van der Waals surface area (Å²) in [5.41, 5.74) is 5.29. The maximum absolute atomic E-state index is 14.2. The fourth-order valence-corrected chi connectivity index (χ4v) is 3.94. The second-order valence-corrected chi connectivity index (χ2v) is 6.60. The largest absolute Gasteiger partial charge is 0.399 e. The van der Waals surface area contributed by atoms with Gasteiger partial charge in [0, 0.05) is 12.1 Å². The number of sulfone groups is 1. The van der Waals surface area contributed by atoms with Crippen LogP contribution in [0.25, 0.3) is 0 Å². The van der Waals surface area contributed by atoms with E-state index in [2.05, 4.69) is 0 Å². The lowest BCUT2D eigenvalue weighted by molar-refractivity contribution is 0.198. The van der Waals surface area contributed by atoms with Gasteiger partial charge in [-0.15, -0.1) is 0 Å². The van der Waals surface area contributed by atoms with E-state index in [1.54, 1.807) is 24.3 Å². The molecule has 0 aromatic heterocycles. The van der Waals surface area contributed by atoms with Gasteiger partial charge in [-0.25, -0.2) is 12.8 Å². The number of halogens is 1. The Kier molecular flexibility index (Phi) is 2.66. The Morgan fingerprint density at radius 1 is 1.44 bits per heavy atom. The molecule has 2 rings (SSSR count). The van der Waals surface area contributed by atoms with E-state index >= 15 is 0 Å². The van der Waals surface area contributed by atoms with Crippen molar-refractivity contribution >= 4 is 15.5 Å². The molecule has 1 fully saturated rings. The molecular formula is C11H14FNO2S. The Labute approximate surface area is 94.4 Å². The lowest BCUT2D eigenvalue weighted by atomic mass is 9.96. The zero-order valence-corrected chi connectivity index (χ0v) is 9.63. The Morgan fingerprint density at radius 2 is 2.19 bits per heavy atom. The number of hydrogen-bond acceptors (Lipinski definition) is 3. The molecule has 1 aliphatic heterocycles. The molecule has 88 valence electrons. The molecule has 0 radical (unpaired) electrons. The van der Waals surface area contributed by atoms with Gasteiger partial charge in [-0.1, -0.05) is 12.1 Å². The van der Waals surface area contributed by atoms with Crippen molar-refractivity contribution < 1.29 is 12.8 Å². The number of alkyl halides is 1. The van der Waals surface area contributed by atoms with E-state index < -0.39 is 15.5 Å². The van der Waals surface area contributed by atoms with Gasteiger partial charge in [0.2, 0.25) is 0 Å². The van der Waals surface area contributed by atoms with Gasteiger partial charge in [0.1, 0.15) is 5.67 Å². The molecule has 1 aliphatic rings. The van der Waals surface area contributed by atoms with Crippen LogP contribution in [0.3, 0.4) is 0 Å². The van der Waals surface area contributed by atoms with E-state index in [9.17, 15) is 12.8 Å². The molecule has 1 aromatic rings. The lowest BCUT2D eigenvalue weighted by Gasteiger charge is -2.17. The Morgan fingerprint density at radius 3 is 2.75 bits per heavy atom. The van der Waals surface area contributed by atoms with Crippen molar-refractivity contribution in [1.82, 2.24) is 0 Å². The summed E-state index contributed by atoms with van der Waals surface area (Å²) in [6, 6.07) is 6.92. The molecule has 5 heteroatoms. The molecule has 1 saturated heterocycles. The van der Waals surface area contributed by atoms with E-state index in [1.165, 1.54) is 0 Å². The van der Waals surface area contributed by atoms with Crippen LogP contribution in [-0.2, 0) is 16.3 Å². The molecule has 1 aromatic carbocycles. The fraction of sp³-hybridized carbons (Fsp3) is 0.455. The van der Waals surface area contributed by atoms with Gasteiger partial charge >= 0.3 is 0 Å². The third kappa shape index (κ3) is 2.52. The molecule has 0 aliphatic carbocycles. The van der Waals surface area contributed by atoms with Gasteiger partial charge in [-0.2, -0.15) is 0 Å². The summed E-state index contributed by atoms with van der Waals surface area (Å²) in [7, 11) is -3.19. The maximum Gasteiger partial charge on any atom is 0.153 e. The molecule has 1 heterocycles. The third-order valence-corrected chi connectivity index (χ3v) is 4.59. The average molecular weight is 243 g/mol. The highest BCUT2D eigenvalue weighted by molar-refractivity contribution is 7.91. The smallest absolute Gasteiger partial charge is 0.153 e. The normalized spacial score (nSPS) is 28.1. The molecule has 3 nitrogen and oxygen atoms in total. The first-order chi connectivity index (χ1) is 7.39. The Balaban J connectivity index is 2.16. The van der Waals surface area contributed by atoms with E-state index in [-0.39, 0.29) is 24.3 Å². The zero-order chi connectivity index (χ0) is 11.8. The predicted octanol–water partition coefficient (Wildman–Crippen LogP) is 1.34. The molecule has 0 amide bonds. The fourth-order valence-electron chi connectivity index (χ4n) is 2.09. The Bertz CT molecular complexity index is 500.